The maximum atomic E-state index is 14.3. The zero-order valence-corrected chi connectivity index (χ0v) is 13.4. The van der Waals surface area contributed by atoms with Crippen molar-refractivity contribution in [3.63, 3.8) is 0 Å². The number of ether oxygens (including phenoxy) is 1. The first-order chi connectivity index (χ1) is 10.0. The fourth-order valence-electron chi connectivity index (χ4n) is 3.61. The van der Waals surface area contributed by atoms with E-state index in [9.17, 15) is 4.39 Å². The molecule has 0 heterocycles. The van der Waals surface area contributed by atoms with E-state index in [0.717, 1.165) is 12.8 Å². The van der Waals surface area contributed by atoms with Crippen molar-refractivity contribution in [2.24, 2.45) is 5.73 Å². The molecule has 1 unspecified atom stereocenters. The molecule has 1 aromatic rings. The zero-order chi connectivity index (χ0) is 15.5. The summed E-state index contributed by atoms with van der Waals surface area (Å²) in [5.74, 6) is 0.0161. The third kappa shape index (κ3) is 3.22. The van der Waals surface area contributed by atoms with Crippen LogP contribution in [0.15, 0.2) is 18.2 Å². The van der Waals surface area contributed by atoms with Crippen molar-refractivity contribution in [1.82, 2.24) is 4.90 Å². The van der Waals surface area contributed by atoms with Gasteiger partial charge in [-0.25, -0.2) is 4.39 Å². The van der Waals surface area contributed by atoms with Crippen molar-refractivity contribution < 1.29 is 9.13 Å². The number of hydrogen-bond donors (Lipinski definition) is 1. The number of hydrogen-bond acceptors (Lipinski definition) is 3. The Labute approximate surface area is 127 Å². The smallest absolute Gasteiger partial charge is 0.168 e. The van der Waals surface area contributed by atoms with Crippen LogP contribution in [-0.4, -0.2) is 37.7 Å². The Bertz CT molecular complexity index is 470. The van der Waals surface area contributed by atoms with Gasteiger partial charge in [-0.05, 0) is 45.0 Å². The SMILES string of the molecule is COc1cccc(CC(N)C2(N(C)C)CCCCC2)c1F. The molecule has 0 spiro atoms. The highest BCUT2D eigenvalue weighted by molar-refractivity contribution is 5.32. The van der Waals surface area contributed by atoms with Gasteiger partial charge in [0.2, 0.25) is 0 Å². The van der Waals surface area contributed by atoms with Gasteiger partial charge in [-0.3, -0.25) is 0 Å². The number of methoxy groups -OCH3 is 1. The first-order valence-corrected chi connectivity index (χ1v) is 7.75. The van der Waals surface area contributed by atoms with Crippen LogP contribution < -0.4 is 10.5 Å². The van der Waals surface area contributed by atoms with Gasteiger partial charge in [0.15, 0.2) is 11.6 Å². The Hall–Kier alpha value is -1.13. The Morgan fingerprint density at radius 1 is 1.29 bits per heavy atom. The summed E-state index contributed by atoms with van der Waals surface area (Å²) >= 11 is 0. The van der Waals surface area contributed by atoms with Crippen LogP contribution in [0.1, 0.15) is 37.7 Å². The van der Waals surface area contributed by atoms with Crippen LogP contribution in [0.3, 0.4) is 0 Å². The van der Waals surface area contributed by atoms with Crippen LogP contribution in [-0.2, 0) is 6.42 Å². The summed E-state index contributed by atoms with van der Waals surface area (Å²) in [5.41, 5.74) is 7.15. The van der Waals surface area contributed by atoms with Gasteiger partial charge >= 0.3 is 0 Å². The number of rotatable bonds is 5. The molecule has 0 aliphatic heterocycles. The van der Waals surface area contributed by atoms with Crippen molar-refractivity contribution in [3.8, 4) is 5.75 Å². The zero-order valence-electron chi connectivity index (χ0n) is 13.4. The van der Waals surface area contributed by atoms with Crippen LogP contribution in [0.5, 0.6) is 5.75 Å². The molecule has 0 aromatic heterocycles. The average molecular weight is 294 g/mol. The topological polar surface area (TPSA) is 38.5 Å². The van der Waals surface area contributed by atoms with Gasteiger partial charge in [0, 0.05) is 11.6 Å². The van der Waals surface area contributed by atoms with Crippen LogP contribution in [0.2, 0.25) is 0 Å². The summed E-state index contributed by atoms with van der Waals surface area (Å²) < 4.78 is 19.4. The summed E-state index contributed by atoms with van der Waals surface area (Å²) in [7, 11) is 5.67. The standard InChI is InChI=1S/C17H27FN2O/c1-20(2)17(10-5-4-6-11-17)15(19)12-13-8-7-9-14(21-3)16(13)18/h7-9,15H,4-6,10-12,19H2,1-3H3. The molecule has 118 valence electrons. The highest BCUT2D eigenvalue weighted by Gasteiger charge is 2.40. The molecule has 21 heavy (non-hydrogen) atoms. The van der Waals surface area contributed by atoms with E-state index in [1.54, 1.807) is 6.07 Å². The molecule has 0 bridgehead atoms. The van der Waals surface area contributed by atoms with Crippen molar-refractivity contribution in [2.45, 2.75) is 50.1 Å². The molecular formula is C17H27FN2O. The number of benzene rings is 1. The lowest BCUT2D eigenvalue weighted by Gasteiger charge is -2.47. The van der Waals surface area contributed by atoms with Gasteiger partial charge in [0.1, 0.15) is 0 Å². The van der Waals surface area contributed by atoms with Crippen molar-refractivity contribution in [2.75, 3.05) is 21.2 Å². The predicted octanol–water partition coefficient (Wildman–Crippen LogP) is 2.97. The van der Waals surface area contributed by atoms with Gasteiger partial charge in [-0.2, -0.15) is 0 Å². The molecule has 2 rings (SSSR count). The maximum Gasteiger partial charge on any atom is 0.168 e. The number of nitrogens with two attached hydrogens (primary N) is 1. The molecule has 1 aliphatic rings. The second-order valence-electron chi connectivity index (χ2n) is 6.30. The second-order valence-corrected chi connectivity index (χ2v) is 6.30. The lowest BCUT2D eigenvalue weighted by molar-refractivity contribution is 0.0712. The minimum atomic E-state index is -0.278. The molecule has 1 aliphatic carbocycles. The molecule has 1 fully saturated rings. The van der Waals surface area contributed by atoms with E-state index in [1.807, 2.05) is 12.1 Å². The average Bonchev–Trinajstić information content (AvgIpc) is 2.49. The van der Waals surface area contributed by atoms with E-state index in [1.165, 1.54) is 26.4 Å². The lowest BCUT2D eigenvalue weighted by atomic mass is 9.74. The Balaban J connectivity index is 2.21. The molecular weight excluding hydrogens is 267 g/mol. The molecule has 1 atom stereocenters. The fourth-order valence-corrected chi connectivity index (χ4v) is 3.61. The number of nitrogens with zero attached hydrogens (tertiary/aromatic N) is 1. The van der Waals surface area contributed by atoms with Crippen molar-refractivity contribution in [3.05, 3.63) is 29.6 Å². The highest BCUT2D eigenvalue weighted by atomic mass is 19.1. The van der Waals surface area contributed by atoms with Crippen LogP contribution in [0.25, 0.3) is 0 Å². The van der Waals surface area contributed by atoms with Crippen molar-refractivity contribution >= 4 is 0 Å². The summed E-state index contributed by atoms with van der Waals surface area (Å²) in [6.07, 6.45) is 6.40. The number of halogens is 1. The van der Waals surface area contributed by atoms with Crippen LogP contribution in [0, 0.1) is 5.82 Å². The first kappa shape index (κ1) is 16.2. The predicted molar refractivity (Wildman–Crippen MR) is 84.1 cm³/mol. The van der Waals surface area contributed by atoms with Crippen LogP contribution >= 0.6 is 0 Å². The molecule has 0 amide bonds. The van der Waals surface area contributed by atoms with Gasteiger partial charge < -0.3 is 15.4 Å². The van der Waals surface area contributed by atoms with Crippen molar-refractivity contribution in [1.29, 1.82) is 0 Å². The lowest BCUT2D eigenvalue weighted by Crippen LogP contribution is -2.59. The minimum absolute atomic E-state index is 0.0201. The third-order valence-electron chi connectivity index (χ3n) is 5.00. The Morgan fingerprint density at radius 2 is 1.95 bits per heavy atom. The minimum Gasteiger partial charge on any atom is -0.494 e. The largest absolute Gasteiger partial charge is 0.494 e. The van der Waals surface area contributed by atoms with E-state index in [4.69, 9.17) is 10.5 Å². The molecule has 4 heteroatoms. The summed E-state index contributed by atoms with van der Waals surface area (Å²) in [6, 6.07) is 5.21. The molecule has 3 nitrogen and oxygen atoms in total. The van der Waals surface area contributed by atoms with Gasteiger partial charge in [-0.15, -0.1) is 0 Å². The summed E-state index contributed by atoms with van der Waals surface area (Å²) in [5, 5.41) is 0. The summed E-state index contributed by atoms with van der Waals surface area (Å²) in [4.78, 5) is 2.24. The monoisotopic (exact) mass is 294 g/mol. The van der Waals surface area contributed by atoms with E-state index in [2.05, 4.69) is 19.0 Å². The van der Waals surface area contributed by atoms with E-state index < -0.39 is 0 Å². The normalized spacial score (nSPS) is 19.5. The quantitative estimate of drug-likeness (QED) is 0.907. The highest BCUT2D eigenvalue weighted by Crippen LogP contribution is 2.36. The Morgan fingerprint density at radius 3 is 2.52 bits per heavy atom. The Kier molecular flexibility index (Phi) is 5.22. The van der Waals surface area contributed by atoms with E-state index in [-0.39, 0.29) is 17.4 Å². The van der Waals surface area contributed by atoms with Gasteiger partial charge in [0.05, 0.1) is 7.11 Å². The number of likely N-dealkylation sites (N-methyl/N-ethyl adjacent to an activating group) is 1. The summed E-state index contributed by atoms with van der Waals surface area (Å²) in [6.45, 7) is 0. The van der Waals surface area contributed by atoms with E-state index >= 15 is 0 Å². The van der Waals surface area contributed by atoms with E-state index in [0.29, 0.717) is 17.7 Å². The van der Waals surface area contributed by atoms with Crippen LogP contribution in [0.4, 0.5) is 4.39 Å². The van der Waals surface area contributed by atoms with Gasteiger partial charge in [0.25, 0.3) is 0 Å². The third-order valence-corrected chi connectivity index (χ3v) is 5.00. The molecule has 0 saturated heterocycles. The molecule has 1 saturated carbocycles. The molecule has 0 radical (unpaired) electrons. The maximum absolute atomic E-state index is 14.3. The first-order valence-electron chi connectivity index (χ1n) is 7.75. The van der Waals surface area contributed by atoms with Gasteiger partial charge in [-0.1, -0.05) is 31.4 Å². The molecule has 1 aromatic carbocycles. The fraction of sp³-hybridized carbons (Fsp3) is 0.647. The second kappa shape index (κ2) is 6.75. The molecule has 2 N–H and O–H groups in total.